The summed E-state index contributed by atoms with van der Waals surface area (Å²) in [5, 5.41) is 6.54. The predicted molar refractivity (Wildman–Crippen MR) is 100 cm³/mol. The summed E-state index contributed by atoms with van der Waals surface area (Å²) in [7, 11) is 1.57. The molecule has 0 aliphatic carbocycles. The molecule has 0 spiro atoms. The number of nitrogens with zero attached hydrogens (tertiary/aromatic N) is 1. The van der Waals surface area contributed by atoms with Gasteiger partial charge in [0.05, 0.1) is 17.8 Å². The summed E-state index contributed by atoms with van der Waals surface area (Å²) in [6.07, 6.45) is 1.68. The first-order valence-electron chi connectivity index (χ1n) is 8.21. The molecule has 0 bridgehead atoms. The molecule has 0 radical (unpaired) electrons. The Morgan fingerprint density at radius 1 is 1.00 bits per heavy atom. The SMILES string of the molecule is COCCNC(=O)c1cccc(C(=O)Nc2cccc3cccnc23)c1. The Balaban J connectivity index is 1.77. The van der Waals surface area contributed by atoms with Crippen LogP contribution in [0.2, 0.25) is 0 Å². The van der Waals surface area contributed by atoms with Crippen molar-refractivity contribution in [2.45, 2.75) is 0 Å². The van der Waals surface area contributed by atoms with Crippen molar-refractivity contribution in [1.82, 2.24) is 10.3 Å². The molecule has 3 aromatic rings. The van der Waals surface area contributed by atoms with Crippen LogP contribution >= 0.6 is 0 Å². The van der Waals surface area contributed by atoms with Crippen LogP contribution in [0.4, 0.5) is 5.69 Å². The molecule has 0 saturated heterocycles. The quantitative estimate of drug-likeness (QED) is 0.671. The number of carbonyl (C=O) groups is 2. The third-order valence-corrected chi connectivity index (χ3v) is 3.86. The summed E-state index contributed by atoms with van der Waals surface area (Å²) < 4.78 is 4.91. The number of carbonyl (C=O) groups excluding carboxylic acids is 2. The number of hydrogen-bond acceptors (Lipinski definition) is 4. The van der Waals surface area contributed by atoms with Crippen LogP contribution in [0.25, 0.3) is 10.9 Å². The van der Waals surface area contributed by atoms with Gasteiger partial charge in [0.25, 0.3) is 11.8 Å². The van der Waals surface area contributed by atoms with Gasteiger partial charge in [0.1, 0.15) is 0 Å². The van der Waals surface area contributed by atoms with Gasteiger partial charge in [-0.15, -0.1) is 0 Å². The van der Waals surface area contributed by atoms with Crippen LogP contribution < -0.4 is 10.6 Å². The van der Waals surface area contributed by atoms with Gasteiger partial charge in [-0.05, 0) is 30.3 Å². The highest BCUT2D eigenvalue weighted by Gasteiger charge is 2.12. The zero-order chi connectivity index (χ0) is 18.4. The lowest BCUT2D eigenvalue weighted by Crippen LogP contribution is -2.27. The lowest BCUT2D eigenvalue weighted by molar-refractivity contribution is 0.0937. The Bertz CT molecular complexity index is 935. The molecule has 0 saturated carbocycles. The van der Waals surface area contributed by atoms with Gasteiger partial charge in [-0.2, -0.15) is 0 Å². The first-order valence-corrected chi connectivity index (χ1v) is 8.21. The van der Waals surface area contributed by atoms with Gasteiger partial charge in [0, 0.05) is 36.4 Å². The van der Waals surface area contributed by atoms with E-state index in [1.54, 1.807) is 43.6 Å². The zero-order valence-corrected chi connectivity index (χ0v) is 14.4. The molecule has 0 aliphatic rings. The van der Waals surface area contributed by atoms with Crippen molar-refractivity contribution in [3.63, 3.8) is 0 Å². The Hall–Kier alpha value is -3.25. The summed E-state index contributed by atoms with van der Waals surface area (Å²) in [5.41, 5.74) is 2.17. The largest absolute Gasteiger partial charge is 0.383 e. The van der Waals surface area contributed by atoms with E-state index in [1.807, 2.05) is 24.3 Å². The van der Waals surface area contributed by atoms with Crippen LogP contribution in [0, 0.1) is 0 Å². The minimum atomic E-state index is -0.297. The Morgan fingerprint density at radius 2 is 1.73 bits per heavy atom. The Morgan fingerprint density at radius 3 is 2.54 bits per heavy atom. The number of methoxy groups -OCH3 is 1. The number of aromatic nitrogens is 1. The molecule has 2 aromatic carbocycles. The van der Waals surface area contributed by atoms with E-state index in [9.17, 15) is 9.59 Å². The molecule has 0 aliphatic heterocycles. The first kappa shape index (κ1) is 17.6. The molecule has 2 amide bonds. The number of fused-ring (bicyclic) bond motifs is 1. The molecule has 132 valence electrons. The maximum absolute atomic E-state index is 12.6. The van der Waals surface area contributed by atoms with E-state index in [-0.39, 0.29) is 11.8 Å². The number of anilines is 1. The number of para-hydroxylation sites is 1. The first-order chi connectivity index (χ1) is 12.7. The standard InChI is InChI=1S/C20H19N3O3/c1-26-12-11-22-19(24)15-6-2-7-16(13-15)20(25)23-17-9-3-5-14-8-4-10-21-18(14)17/h2-10,13H,11-12H2,1H3,(H,22,24)(H,23,25). The van der Waals surface area contributed by atoms with E-state index in [0.717, 1.165) is 10.9 Å². The van der Waals surface area contributed by atoms with E-state index >= 15 is 0 Å². The van der Waals surface area contributed by atoms with Crippen molar-refractivity contribution in [3.05, 3.63) is 71.9 Å². The topological polar surface area (TPSA) is 80.3 Å². The minimum absolute atomic E-state index is 0.247. The van der Waals surface area contributed by atoms with Crippen molar-refractivity contribution in [3.8, 4) is 0 Å². The Labute approximate surface area is 151 Å². The van der Waals surface area contributed by atoms with E-state index in [4.69, 9.17) is 4.74 Å². The van der Waals surface area contributed by atoms with Gasteiger partial charge in [-0.3, -0.25) is 14.6 Å². The van der Waals surface area contributed by atoms with E-state index in [2.05, 4.69) is 15.6 Å². The molecule has 1 heterocycles. The molecule has 26 heavy (non-hydrogen) atoms. The molecule has 1 aromatic heterocycles. The van der Waals surface area contributed by atoms with Gasteiger partial charge in [0.15, 0.2) is 0 Å². The van der Waals surface area contributed by atoms with Crippen LogP contribution in [0.5, 0.6) is 0 Å². The molecule has 6 nitrogen and oxygen atoms in total. The van der Waals surface area contributed by atoms with Gasteiger partial charge >= 0.3 is 0 Å². The number of hydrogen-bond donors (Lipinski definition) is 2. The molecular formula is C20H19N3O3. The normalized spacial score (nSPS) is 10.5. The van der Waals surface area contributed by atoms with Gasteiger partial charge in [-0.1, -0.05) is 24.3 Å². The smallest absolute Gasteiger partial charge is 0.255 e. The fourth-order valence-electron chi connectivity index (χ4n) is 2.57. The van der Waals surface area contributed by atoms with Crippen molar-refractivity contribution >= 4 is 28.4 Å². The highest BCUT2D eigenvalue weighted by molar-refractivity contribution is 6.09. The molecule has 0 unspecified atom stereocenters. The number of rotatable bonds is 6. The fourth-order valence-corrected chi connectivity index (χ4v) is 2.57. The van der Waals surface area contributed by atoms with E-state index in [1.165, 1.54) is 0 Å². The molecular weight excluding hydrogens is 330 g/mol. The maximum Gasteiger partial charge on any atom is 0.255 e. The average Bonchev–Trinajstić information content (AvgIpc) is 2.68. The van der Waals surface area contributed by atoms with Crippen LogP contribution in [-0.4, -0.2) is 37.1 Å². The summed E-state index contributed by atoms with van der Waals surface area (Å²) in [5.74, 6) is -0.543. The predicted octanol–water partition coefficient (Wildman–Crippen LogP) is 2.86. The van der Waals surface area contributed by atoms with Gasteiger partial charge in [-0.25, -0.2) is 0 Å². The minimum Gasteiger partial charge on any atom is -0.383 e. The van der Waals surface area contributed by atoms with Crippen LogP contribution in [0.3, 0.4) is 0 Å². The summed E-state index contributed by atoms with van der Waals surface area (Å²) in [6, 6.07) is 16.0. The molecule has 6 heteroatoms. The van der Waals surface area contributed by atoms with Crippen LogP contribution in [-0.2, 0) is 4.74 Å². The van der Waals surface area contributed by atoms with Crippen molar-refractivity contribution in [2.24, 2.45) is 0 Å². The fraction of sp³-hybridized carbons (Fsp3) is 0.150. The van der Waals surface area contributed by atoms with Gasteiger partial charge < -0.3 is 15.4 Å². The highest BCUT2D eigenvalue weighted by atomic mass is 16.5. The highest BCUT2D eigenvalue weighted by Crippen LogP contribution is 2.21. The van der Waals surface area contributed by atoms with Crippen molar-refractivity contribution in [1.29, 1.82) is 0 Å². The van der Waals surface area contributed by atoms with Crippen LogP contribution in [0.15, 0.2) is 60.8 Å². The number of nitrogens with one attached hydrogen (secondary N) is 2. The third kappa shape index (κ3) is 4.04. The summed E-state index contributed by atoms with van der Waals surface area (Å²) in [6.45, 7) is 0.841. The van der Waals surface area contributed by atoms with E-state index in [0.29, 0.717) is 30.0 Å². The lowest BCUT2D eigenvalue weighted by atomic mass is 10.1. The molecule has 0 fully saturated rings. The summed E-state index contributed by atoms with van der Waals surface area (Å²) in [4.78, 5) is 29.0. The molecule has 3 rings (SSSR count). The van der Waals surface area contributed by atoms with E-state index < -0.39 is 0 Å². The lowest BCUT2D eigenvalue weighted by Gasteiger charge is -2.09. The molecule has 2 N–H and O–H groups in total. The third-order valence-electron chi connectivity index (χ3n) is 3.86. The second-order valence-electron chi connectivity index (χ2n) is 5.66. The van der Waals surface area contributed by atoms with Crippen LogP contribution in [0.1, 0.15) is 20.7 Å². The van der Waals surface area contributed by atoms with Gasteiger partial charge in [0.2, 0.25) is 0 Å². The summed E-state index contributed by atoms with van der Waals surface area (Å²) >= 11 is 0. The maximum atomic E-state index is 12.6. The average molecular weight is 349 g/mol. The van der Waals surface area contributed by atoms with Crippen molar-refractivity contribution < 1.29 is 14.3 Å². The number of ether oxygens (including phenoxy) is 1. The second-order valence-corrected chi connectivity index (χ2v) is 5.66. The monoisotopic (exact) mass is 349 g/mol. The number of benzene rings is 2. The van der Waals surface area contributed by atoms with Crippen molar-refractivity contribution in [2.75, 3.05) is 25.6 Å². The molecule has 0 atom stereocenters. The second kappa shape index (κ2) is 8.22. The number of pyridine rings is 1. The zero-order valence-electron chi connectivity index (χ0n) is 14.4. The Kier molecular flexibility index (Phi) is 5.56. The number of amides is 2.